The molecule has 1 amide bonds. The summed E-state index contributed by atoms with van der Waals surface area (Å²) in [5, 5.41) is 0. The Morgan fingerprint density at radius 3 is 2.56 bits per heavy atom. The molecule has 2 aromatic carbocycles. The van der Waals surface area contributed by atoms with Crippen LogP contribution in [-0.4, -0.2) is 50.6 Å². The number of amides is 1. The minimum absolute atomic E-state index is 0.113. The number of nitrogens with zero attached hydrogens (tertiary/aromatic N) is 1. The number of methoxy groups -OCH3 is 1. The zero-order chi connectivity index (χ0) is 17.5. The van der Waals surface area contributed by atoms with Crippen molar-refractivity contribution >= 4 is 5.91 Å². The van der Waals surface area contributed by atoms with E-state index < -0.39 is 0 Å². The number of carbonyl (C=O) groups excluding carboxylic acids is 1. The van der Waals surface area contributed by atoms with E-state index in [1.807, 2.05) is 29.2 Å². The standard InChI is InChI=1S/C21H26N2O2/c1-25-20-11-5-10-19(17-20)21(24)23-15-13-22(14-16-23)12-6-9-18-7-3-2-4-8-18/h2-5,7-8,10-11,17H,6,9,12-16H2,1H3/p+1. The summed E-state index contributed by atoms with van der Waals surface area (Å²) < 4.78 is 5.22. The fraction of sp³-hybridized carbons (Fsp3) is 0.381. The molecule has 1 fully saturated rings. The number of quaternary nitrogens is 1. The van der Waals surface area contributed by atoms with Crippen molar-refractivity contribution in [2.45, 2.75) is 12.8 Å². The molecule has 0 saturated carbocycles. The highest BCUT2D eigenvalue weighted by molar-refractivity contribution is 5.94. The molecule has 0 aliphatic carbocycles. The van der Waals surface area contributed by atoms with E-state index in [0.717, 1.165) is 38.3 Å². The minimum Gasteiger partial charge on any atom is -0.497 e. The first-order valence-electron chi connectivity index (χ1n) is 9.07. The molecule has 0 aromatic heterocycles. The largest absolute Gasteiger partial charge is 0.497 e. The van der Waals surface area contributed by atoms with E-state index in [2.05, 4.69) is 30.3 Å². The van der Waals surface area contributed by atoms with Gasteiger partial charge in [0.2, 0.25) is 0 Å². The third-order valence-electron chi connectivity index (χ3n) is 4.91. The number of benzene rings is 2. The van der Waals surface area contributed by atoms with Crippen LogP contribution in [0.4, 0.5) is 0 Å². The predicted molar refractivity (Wildman–Crippen MR) is 99.2 cm³/mol. The van der Waals surface area contributed by atoms with Gasteiger partial charge < -0.3 is 14.5 Å². The van der Waals surface area contributed by atoms with Crippen molar-refractivity contribution < 1.29 is 14.4 Å². The first-order chi connectivity index (χ1) is 12.3. The third-order valence-corrected chi connectivity index (χ3v) is 4.91. The average molecular weight is 339 g/mol. The fourth-order valence-corrected chi connectivity index (χ4v) is 3.40. The maximum Gasteiger partial charge on any atom is 0.254 e. The van der Waals surface area contributed by atoms with Crippen LogP contribution in [0.3, 0.4) is 0 Å². The van der Waals surface area contributed by atoms with E-state index in [4.69, 9.17) is 4.74 Å². The second-order valence-corrected chi connectivity index (χ2v) is 6.61. The van der Waals surface area contributed by atoms with Crippen LogP contribution < -0.4 is 9.64 Å². The number of hydrogen-bond acceptors (Lipinski definition) is 2. The summed E-state index contributed by atoms with van der Waals surface area (Å²) in [6.07, 6.45) is 2.33. The van der Waals surface area contributed by atoms with E-state index in [0.29, 0.717) is 5.56 Å². The maximum absolute atomic E-state index is 12.6. The summed E-state index contributed by atoms with van der Waals surface area (Å²) in [7, 11) is 1.63. The molecule has 1 N–H and O–H groups in total. The number of carbonyl (C=O) groups is 1. The Bertz CT molecular complexity index is 679. The molecule has 0 spiro atoms. The molecule has 0 atom stereocenters. The first kappa shape index (κ1) is 17.5. The van der Waals surface area contributed by atoms with Gasteiger partial charge in [-0.1, -0.05) is 36.4 Å². The molecule has 1 saturated heterocycles. The molecular weight excluding hydrogens is 312 g/mol. The second kappa shape index (κ2) is 8.67. The lowest BCUT2D eigenvalue weighted by atomic mass is 10.1. The quantitative estimate of drug-likeness (QED) is 0.869. The van der Waals surface area contributed by atoms with Crippen molar-refractivity contribution in [3.63, 3.8) is 0 Å². The topological polar surface area (TPSA) is 34.0 Å². The highest BCUT2D eigenvalue weighted by Crippen LogP contribution is 2.14. The zero-order valence-corrected chi connectivity index (χ0v) is 14.9. The fourth-order valence-electron chi connectivity index (χ4n) is 3.40. The zero-order valence-electron chi connectivity index (χ0n) is 14.9. The molecule has 1 aliphatic rings. The van der Waals surface area contributed by atoms with E-state index in [-0.39, 0.29) is 5.91 Å². The molecule has 132 valence electrons. The Labute approximate surface area is 150 Å². The Kier molecular flexibility index (Phi) is 6.07. The summed E-state index contributed by atoms with van der Waals surface area (Å²) in [5.74, 6) is 0.846. The van der Waals surface area contributed by atoms with Crippen LogP contribution in [0, 0.1) is 0 Å². The molecule has 0 bridgehead atoms. The summed E-state index contributed by atoms with van der Waals surface area (Å²) >= 11 is 0. The summed E-state index contributed by atoms with van der Waals surface area (Å²) in [6.45, 7) is 4.90. The predicted octanol–water partition coefficient (Wildman–Crippen LogP) is 1.67. The van der Waals surface area contributed by atoms with Gasteiger partial charge in [0, 0.05) is 12.0 Å². The van der Waals surface area contributed by atoms with Crippen LogP contribution in [0.25, 0.3) is 0 Å². The Balaban J connectivity index is 1.44. The number of piperazine rings is 1. The van der Waals surface area contributed by atoms with Crippen LogP contribution in [-0.2, 0) is 6.42 Å². The lowest BCUT2D eigenvalue weighted by Gasteiger charge is -2.32. The Morgan fingerprint density at radius 1 is 1.08 bits per heavy atom. The third kappa shape index (κ3) is 4.83. The van der Waals surface area contributed by atoms with Crippen LogP contribution in [0.2, 0.25) is 0 Å². The number of ether oxygens (including phenoxy) is 1. The van der Waals surface area contributed by atoms with Crippen LogP contribution in [0.1, 0.15) is 22.3 Å². The summed E-state index contributed by atoms with van der Waals surface area (Å²) in [5.41, 5.74) is 2.13. The highest BCUT2D eigenvalue weighted by Gasteiger charge is 2.24. The number of nitrogens with one attached hydrogen (secondary N) is 1. The Hall–Kier alpha value is -2.33. The number of aryl methyl sites for hydroxylation is 1. The molecule has 25 heavy (non-hydrogen) atoms. The molecule has 0 unspecified atom stereocenters. The van der Waals surface area contributed by atoms with E-state index in [1.165, 1.54) is 18.5 Å². The maximum atomic E-state index is 12.6. The molecule has 3 rings (SSSR count). The number of hydrogen-bond donors (Lipinski definition) is 1. The number of rotatable bonds is 6. The molecule has 1 heterocycles. The van der Waals surface area contributed by atoms with Gasteiger partial charge in [0.25, 0.3) is 5.91 Å². The normalized spacial score (nSPS) is 15.2. The van der Waals surface area contributed by atoms with Crippen LogP contribution in [0.15, 0.2) is 54.6 Å². The smallest absolute Gasteiger partial charge is 0.254 e. The van der Waals surface area contributed by atoms with Gasteiger partial charge in [0.15, 0.2) is 0 Å². The van der Waals surface area contributed by atoms with Gasteiger partial charge in [0.05, 0.1) is 39.8 Å². The molecule has 2 aromatic rings. The summed E-state index contributed by atoms with van der Waals surface area (Å²) in [4.78, 5) is 16.2. The van der Waals surface area contributed by atoms with Crippen molar-refractivity contribution in [3.8, 4) is 5.75 Å². The SMILES string of the molecule is COc1cccc(C(=O)N2CC[NH+](CCCc3ccccc3)CC2)c1. The van der Waals surface area contributed by atoms with Crippen molar-refractivity contribution in [1.82, 2.24) is 4.90 Å². The Morgan fingerprint density at radius 2 is 1.84 bits per heavy atom. The van der Waals surface area contributed by atoms with Gasteiger partial charge in [0.1, 0.15) is 5.75 Å². The molecule has 4 heteroatoms. The van der Waals surface area contributed by atoms with Crippen molar-refractivity contribution in [3.05, 3.63) is 65.7 Å². The van der Waals surface area contributed by atoms with Gasteiger partial charge >= 0.3 is 0 Å². The monoisotopic (exact) mass is 339 g/mol. The minimum atomic E-state index is 0.113. The average Bonchev–Trinajstić information content (AvgIpc) is 2.69. The van der Waals surface area contributed by atoms with Crippen molar-refractivity contribution in [2.24, 2.45) is 0 Å². The first-order valence-corrected chi connectivity index (χ1v) is 9.07. The van der Waals surface area contributed by atoms with Crippen molar-refractivity contribution in [1.29, 1.82) is 0 Å². The van der Waals surface area contributed by atoms with E-state index >= 15 is 0 Å². The summed E-state index contributed by atoms with van der Waals surface area (Å²) in [6, 6.07) is 18.1. The van der Waals surface area contributed by atoms with Gasteiger partial charge in [-0.25, -0.2) is 0 Å². The van der Waals surface area contributed by atoms with Crippen molar-refractivity contribution in [2.75, 3.05) is 39.8 Å². The lowest BCUT2D eigenvalue weighted by molar-refractivity contribution is -0.904. The molecular formula is C21H27N2O2+. The molecule has 1 aliphatic heterocycles. The van der Waals surface area contributed by atoms with Crippen LogP contribution >= 0.6 is 0 Å². The van der Waals surface area contributed by atoms with E-state index in [1.54, 1.807) is 12.0 Å². The van der Waals surface area contributed by atoms with Gasteiger partial charge in [-0.05, 0) is 30.2 Å². The van der Waals surface area contributed by atoms with Gasteiger partial charge in [-0.15, -0.1) is 0 Å². The van der Waals surface area contributed by atoms with Gasteiger partial charge in [-0.2, -0.15) is 0 Å². The lowest BCUT2D eigenvalue weighted by Crippen LogP contribution is -3.14. The van der Waals surface area contributed by atoms with Gasteiger partial charge in [-0.3, -0.25) is 4.79 Å². The highest BCUT2D eigenvalue weighted by atomic mass is 16.5. The van der Waals surface area contributed by atoms with E-state index in [9.17, 15) is 4.79 Å². The molecule has 0 radical (unpaired) electrons. The molecule has 4 nitrogen and oxygen atoms in total. The second-order valence-electron chi connectivity index (χ2n) is 6.61. The van der Waals surface area contributed by atoms with Crippen LogP contribution in [0.5, 0.6) is 5.75 Å².